The first-order valence-corrected chi connectivity index (χ1v) is 8.30. The molecule has 2 amide bonds. The Labute approximate surface area is 153 Å². The average molecular weight is 370 g/mol. The molecule has 0 aliphatic carbocycles. The van der Waals surface area contributed by atoms with Gasteiger partial charge in [0, 0.05) is 11.6 Å². The van der Waals surface area contributed by atoms with Crippen LogP contribution in [0.1, 0.15) is 11.6 Å². The number of para-hydroxylation sites is 1. The summed E-state index contributed by atoms with van der Waals surface area (Å²) in [6.07, 6.45) is 0. The van der Waals surface area contributed by atoms with E-state index in [1.54, 1.807) is 18.2 Å². The maximum absolute atomic E-state index is 13.6. The smallest absolute Gasteiger partial charge is 0.321 e. The minimum Gasteiger partial charge on any atom is -0.508 e. The lowest BCUT2D eigenvalue weighted by Gasteiger charge is -2.22. The molecule has 7 nitrogen and oxygen atoms in total. The number of carboxylic acid groups (broad SMARTS) is 1. The van der Waals surface area contributed by atoms with Gasteiger partial charge in [0.2, 0.25) is 11.8 Å². The number of carboxylic acids is 1. The number of aromatic hydroxyl groups is 1. The number of imide groups is 1. The monoisotopic (exact) mass is 370 g/mol. The summed E-state index contributed by atoms with van der Waals surface area (Å²) in [4.78, 5) is 38.5. The van der Waals surface area contributed by atoms with Gasteiger partial charge in [-0.05, 0) is 24.3 Å². The molecule has 2 fully saturated rings. The molecule has 0 bridgehead atoms. The lowest BCUT2D eigenvalue weighted by atomic mass is 9.86. The number of nitrogens with one attached hydrogen (secondary N) is 1. The van der Waals surface area contributed by atoms with E-state index in [0.717, 1.165) is 11.0 Å². The molecule has 3 N–H and O–H groups in total. The van der Waals surface area contributed by atoms with E-state index >= 15 is 0 Å². The van der Waals surface area contributed by atoms with Crippen LogP contribution in [0.3, 0.4) is 0 Å². The SMILES string of the molecule is O=C(O)[C@@H]1N[C@H](c2ccccc2O)[C@H]2C(=O)N(c3cccc(F)c3)C(=O)[C@H]21. The van der Waals surface area contributed by atoms with Crippen molar-refractivity contribution in [3.8, 4) is 5.75 Å². The summed E-state index contributed by atoms with van der Waals surface area (Å²) in [5.74, 6) is -5.49. The molecule has 2 aromatic rings. The van der Waals surface area contributed by atoms with Gasteiger partial charge in [-0.2, -0.15) is 0 Å². The Bertz CT molecular complexity index is 963. The molecule has 0 unspecified atom stereocenters. The van der Waals surface area contributed by atoms with Gasteiger partial charge in [-0.15, -0.1) is 0 Å². The minimum atomic E-state index is -1.30. The Hall–Kier alpha value is -3.26. The number of hydrogen-bond donors (Lipinski definition) is 3. The van der Waals surface area contributed by atoms with Gasteiger partial charge in [0.15, 0.2) is 0 Å². The van der Waals surface area contributed by atoms with Crippen LogP contribution in [-0.2, 0) is 14.4 Å². The highest BCUT2D eigenvalue weighted by atomic mass is 19.1. The van der Waals surface area contributed by atoms with Crippen LogP contribution in [0.15, 0.2) is 48.5 Å². The summed E-state index contributed by atoms with van der Waals surface area (Å²) in [6.45, 7) is 0. The lowest BCUT2D eigenvalue weighted by molar-refractivity contribution is -0.142. The number of rotatable bonds is 3. The van der Waals surface area contributed by atoms with Gasteiger partial charge in [-0.3, -0.25) is 19.7 Å². The number of amides is 2. The van der Waals surface area contributed by atoms with Crippen molar-refractivity contribution in [3.63, 3.8) is 0 Å². The van der Waals surface area contributed by atoms with Crippen LogP contribution < -0.4 is 10.2 Å². The van der Waals surface area contributed by atoms with Crippen molar-refractivity contribution in [2.45, 2.75) is 12.1 Å². The first-order chi connectivity index (χ1) is 12.9. The number of phenols is 1. The van der Waals surface area contributed by atoms with Crippen molar-refractivity contribution in [2.24, 2.45) is 11.8 Å². The average Bonchev–Trinajstić information content (AvgIpc) is 3.13. The standard InChI is InChI=1S/C19H15FN2O5/c20-9-4-3-5-10(8-9)22-17(24)13-14(18(22)25)16(19(26)27)21-15(13)11-6-1-2-7-12(11)23/h1-8,13-16,21,23H,(H,26,27)/t13-,14+,15+,16+/m0/s1. The molecule has 0 spiro atoms. The van der Waals surface area contributed by atoms with E-state index in [-0.39, 0.29) is 11.4 Å². The molecule has 2 aliphatic heterocycles. The van der Waals surface area contributed by atoms with E-state index in [0.29, 0.717) is 5.56 Å². The molecule has 0 radical (unpaired) electrons. The Balaban J connectivity index is 1.80. The van der Waals surface area contributed by atoms with Crippen molar-refractivity contribution in [2.75, 3.05) is 4.90 Å². The number of phenolic OH excluding ortho intramolecular Hbond substituents is 1. The fourth-order valence-corrected chi connectivity index (χ4v) is 3.94. The van der Waals surface area contributed by atoms with Crippen molar-refractivity contribution in [3.05, 3.63) is 59.9 Å². The number of anilines is 1. The van der Waals surface area contributed by atoms with Gasteiger partial charge in [-0.1, -0.05) is 24.3 Å². The number of hydrogen-bond acceptors (Lipinski definition) is 5. The maximum Gasteiger partial charge on any atom is 0.321 e. The van der Waals surface area contributed by atoms with Crippen LogP contribution in [0.4, 0.5) is 10.1 Å². The molecule has 8 heteroatoms. The van der Waals surface area contributed by atoms with E-state index in [4.69, 9.17) is 0 Å². The lowest BCUT2D eigenvalue weighted by Crippen LogP contribution is -2.43. The van der Waals surface area contributed by atoms with Gasteiger partial charge in [-0.25, -0.2) is 9.29 Å². The second-order valence-electron chi connectivity index (χ2n) is 6.56. The molecule has 2 aliphatic rings. The van der Waals surface area contributed by atoms with Gasteiger partial charge in [0.05, 0.1) is 17.5 Å². The molecule has 4 rings (SSSR count). The third kappa shape index (κ3) is 2.57. The van der Waals surface area contributed by atoms with Crippen molar-refractivity contribution < 1.29 is 29.0 Å². The van der Waals surface area contributed by atoms with Crippen LogP contribution in [0.5, 0.6) is 5.75 Å². The van der Waals surface area contributed by atoms with Crippen LogP contribution in [0.25, 0.3) is 0 Å². The van der Waals surface area contributed by atoms with E-state index in [1.165, 1.54) is 24.3 Å². The molecular formula is C19H15FN2O5. The predicted octanol–water partition coefficient (Wildman–Crippen LogP) is 1.43. The zero-order valence-corrected chi connectivity index (χ0v) is 13.9. The molecule has 138 valence electrons. The quantitative estimate of drug-likeness (QED) is 0.706. The first-order valence-electron chi connectivity index (χ1n) is 8.30. The number of halogens is 1. The van der Waals surface area contributed by atoms with Gasteiger partial charge < -0.3 is 10.2 Å². The number of benzene rings is 2. The molecule has 0 aromatic heterocycles. The number of carbonyl (C=O) groups is 3. The van der Waals surface area contributed by atoms with Gasteiger partial charge in [0.25, 0.3) is 0 Å². The summed E-state index contributed by atoms with van der Waals surface area (Å²) in [6, 6.07) is 9.10. The topological polar surface area (TPSA) is 107 Å². The van der Waals surface area contributed by atoms with Gasteiger partial charge >= 0.3 is 5.97 Å². The van der Waals surface area contributed by atoms with E-state index in [1.807, 2.05) is 0 Å². The van der Waals surface area contributed by atoms with Gasteiger partial charge in [0.1, 0.15) is 17.6 Å². The number of aliphatic carboxylic acids is 1. The third-order valence-electron chi connectivity index (χ3n) is 5.08. The molecule has 2 aromatic carbocycles. The number of carbonyl (C=O) groups excluding carboxylic acids is 2. The summed E-state index contributed by atoms with van der Waals surface area (Å²) < 4.78 is 13.6. The zero-order chi connectivity index (χ0) is 19.3. The summed E-state index contributed by atoms with van der Waals surface area (Å²) in [5, 5.41) is 22.5. The molecule has 2 heterocycles. The highest BCUT2D eigenvalue weighted by molar-refractivity contribution is 6.23. The largest absolute Gasteiger partial charge is 0.508 e. The van der Waals surface area contributed by atoms with Crippen LogP contribution >= 0.6 is 0 Å². The summed E-state index contributed by atoms with van der Waals surface area (Å²) in [7, 11) is 0. The molecule has 2 saturated heterocycles. The van der Waals surface area contributed by atoms with E-state index < -0.39 is 47.5 Å². The first kappa shape index (κ1) is 17.2. The Morgan fingerprint density at radius 1 is 1.04 bits per heavy atom. The Kier molecular flexibility index (Phi) is 3.92. The fraction of sp³-hybridized carbons (Fsp3) is 0.211. The van der Waals surface area contributed by atoms with Crippen molar-refractivity contribution in [1.82, 2.24) is 5.32 Å². The highest BCUT2D eigenvalue weighted by Crippen LogP contribution is 2.46. The normalized spacial score (nSPS) is 27.1. The maximum atomic E-state index is 13.6. The summed E-state index contributed by atoms with van der Waals surface area (Å²) >= 11 is 0. The fourth-order valence-electron chi connectivity index (χ4n) is 3.94. The van der Waals surface area contributed by atoms with Crippen molar-refractivity contribution >= 4 is 23.5 Å². The minimum absolute atomic E-state index is 0.0552. The van der Waals surface area contributed by atoms with Crippen molar-refractivity contribution in [1.29, 1.82) is 0 Å². The van der Waals surface area contributed by atoms with Crippen LogP contribution in [0.2, 0.25) is 0 Å². The van der Waals surface area contributed by atoms with E-state index in [2.05, 4.69) is 5.32 Å². The molecular weight excluding hydrogens is 355 g/mol. The van der Waals surface area contributed by atoms with Crippen LogP contribution in [-0.4, -0.2) is 34.0 Å². The second-order valence-corrected chi connectivity index (χ2v) is 6.56. The predicted molar refractivity (Wildman–Crippen MR) is 91.3 cm³/mol. The zero-order valence-electron chi connectivity index (χ0n) is 13.9. The summed E-state index contributed by atoms with van der Waals surface area (Å²) in [5.41, 5.74) is 0.387. The Morgan fingerprint density at radius 2 is 1.74 bits per heavy atom. The molecule has 4 atom stereocenters. The Morgan fingerprint density at radius 3 is 2.41 bits per heavy atom. The second kappa shape index (κ2) is 6.17. The van der Waals surface area contributed by atoms with Crippen LogP contribution in [0, 0.1) is 17.7 Å². The molecule has 0 saturated carbocycles. The highest BCUT2D eigenvalue weighted by Gasteiger charge is 2.61. The number of nitrogens with zero attached hydrogens (tertiary/aromatic N) is 1. The third-order valence-corrected chi connectivity index (χ3v) is 5.08. The van der Waals surface area contributed by atoms with E-state index in [9.17, 15) is 29.0 Å². The number of fused-ring (bicyclic) bond motifs is 1. The molecule has 27 heavy (non-hydrogen) atoms.